The van der Waals surface area contributed by atoms with Crippen LogP contribution in [-0.4, -0.2) is 21.4 Å². The third-order valence-corrected chi connectivity index (χ3v) is 2.86. The zero-order valence-electron chi connectivity index (χ0n) is 10.2. The van der Waals surface area contributed by atoms with Crippen LogP contribution < -0.4 is 0 Å². The van der Waals surface area contributed by atoms with E-state index in [4.69, 9.17) is 4.52 Å². The van der Waals surface area contributed by atoms with Crippen molar-refractivity contribution in [2.75, 3.05) is 0 Å². The number of rotatable bonds is 3. The molecule has 0 aliphatic heterocycles. The van der Waals surface area contributed by atoms with E-state index in [0.29, 0.717) is 11.7 Å². The number of benzene rings is 1. The van der Waals surface area contributed by atoms with Gasteiger partial charge in [0.15, 0.2) is 0 Å². The summed E-state index contributed by atoms with van der Waals surface area (Å²) in [7, 11) is 0. The Bertz CT molecular complexity index is 488. The van der Waals surface area contributed by atoms with E-state index in [-0.39, 0.29) is 5.92 Å². The normalized spacial score (nSPS) is 14.6. The van der Waals surface area contributed by atoms with E-state index >= 15 is 0 Å². The van der Waals surface area contributed by atoms with Gasteiger partial charge in [-0.15, -0.1) is 0 Å². The Morgan fingerprint density at radius 3 is 2.41 bits per heavy atom. The first kappa shape index (κ1) is 11.8. The lowest BCUT2D eigenvalue weighted by Crippen LogP contribution is -2.11. The van der Waals surface area contributed by atoms with E-state index in [1.807, 2.05) is 38.1 Å². The largest absolute Gasteiger partial charge is 0.393 e. The number of hydrogen-bond donors (Lipinski definition) is 1. The van der Waals surface area contributed by atoms with Crippen LogP contribution in [0.4, 0.5) is 0 Å². The van der Waals surface area contributed by atoms with Crippen molar-refractivity contribution in [3.8, 4) is 11.4 Å². The van der Waals surface area contributed by atoms with Crippen LogP contribution >= 0.6 is 0 Å². The molecule has 2 aromatic rings. The van der Waals surface area contributed by atoms with Crippen LogP contribution in [0.25, 0.3) is 11.4 Å². The minimum absolute atomic E-state index is 0.151. The average molecular weight is 232 g/mol. The molecular weight excluding hydrogens is 216 g/mol. The highest BCUT2D eigenvalue weighted by Crippen LogP contribution is 2.21. The zero-order chi connectivity index (χ0) is 12.4. The van der Waals surface area contributed by atoms with Crippen LogP contribution in [0.1, 0.15) is 31.2 Å². The Kier molecular flexibility index (Phi) is 3.24. The molecule has 0 saturated heterocycles. The van der Waals surface area contributed by atoms with Gasteiger partial charge in [-0.25, -0.2) is 0 Å². The summed E-state index contributed by atoms with van der Waals surface area (Å²) in [6, 6.07) is 7.92. The highest BCUT2D eigenvalue weighted by Gasteiger charge is 2.19. The Morgan fingerprint density at radius 2 is 1.82 bits per heavy atom. The first-order chi connectivity index (χ1) is 8.08. The Balaban J connectivity index is 2.26. The first-order valence-corrected chi connectivity index (χ1v) is 5.66. The average Bonchev–Trinajstić information content (AvgIpc) is 2.78. The van der Waals surface area contributed by atoms with E-state index in [1.54, 1.807) is 6.92 Å². The molecule has 4 heteroatoms. The summed E-state index contributed by atoms with van der Waals surface area (Å²) in [6.45, 7) is 5.60. The van der Waals surface area contributed by atoms with Crippen molar-refractivity contribution >= 4 is 0 Å². The number of aryl methyl sites for hydroxylation is 1. The monoisotopic (exact) mass is 232 g/mol. The topological polar surface area (TPSA) is 59.2 Å². The van der Waals surface area contributed by atoms with Crippen molar-refractivity contribution in [3.63, 3.8) is 0 Å². The Morgan fingerprint density at radius 1 is 1.18 bits per heavy atom. The third kappa shape index (κ3) is 2.53. The molecule has 90 valence electrons. The molecule has 0 fully saturated rings. The van der Waals surface area contributed by atoms with Gasteiger partial charge in [-0.2, -0.15) is 4.98 Å². The third-order valence-electron chi connectivity index (χ3n) is 2.86. The molecule has 0 aliphatic carbocycles. The number of nitrogens with zero attached hydrogens (tertiary/aromatic N) is 2. The highest BCUT2D eigenvalue weighted by molar-refractivity contribution is 5.54. The number of aliphatic hydroxyl groups is 1. The van der Waals surface area contributed by atoms with E-state index in [0.717, 1.165) is 5.56 Å². The summed E-state index contributed by atoms with van der Waals surface area (Å²) in [5, 5.41) is 13.4. The maximum atomic E-state index is 9.46. The molecule has 0 radical (unpaired) electrons. The molecule has 0 aliphatic rings. The molecule has 1 N–H and O–H groups in total. The molecule has 0 amide bonds. The fraction of sp³-hybridized carbons (Fsp3) is 0.385. The molecular formula is C13H16N2O2. The van der Waals surface area contributed by atoms with Crippen molar-refractivity contribution in [2.24, 2.45) is 0 Å². The zero-order valence-corrected chi connectivity index (χ0v) is 10.2. The standard InChI is InChI=1S/C13H16N2O2/c1-8-4-6-11(7-5-8)12-14-13(17-15-12)9(2)10(3)16/h4-7,9-10,16H,1-3H3. The summed E-state index contributed by atoms with van der Waals surface area (Å²) in [5.41, 5.74) is 2.11. The van der Waals surface area contributed by atoms with Gasteiger partial charge in [0.2, 0.25) is 11.7 Å². The van der Waals surface area contributed by atoms with Crippen molar-refractivity contribution in [1.82, 2.24) is 10.1 Å². The highest BCUT2D eigenvalue weighted by atomic mass is 16.5. The fourth-order valence-electron chi connectivity index (χ4n) is 1.45. The van der Waals surface area contributed by atoms with Gasteiger partial charge in [-0.1, -0.05) is 41.9 Å². The minimum Gasteiger partial charge on any atom is -0.393 e. The molecule has 2 unspecified atom stereocenters. The van der Waals surface area contributed by atoms with Crippen molar-refractivity contribution in [2.45, 2.75) is 32.8 Å². The summed E-state index contributed by atoms with van der Waals surface area (Å²) in [4.78, 5) is 4.29. The van der Waals surface area contributed by atoms with Crippen molar-refractivity contribution in [3.05, 3.63) is 35.7 Å². The lowest BCUT2D eigenvalue weighted by Gasteiger charge is -2.07. The second-order valence-electron chi connectivity index (χ2n) is 4.35. The maximum absolute atomic E-state index is 9.46. The molecule has 0 bridgehead atoms. The lowest BCUT2D eigenvalue weighted by atomic mass is 10.1. The van der Waals surface area contributed by atoms with E-state index in [9.17, 15) is 5.11 Å². The molecule has 1 aromatic heterocycles. The molecule has 1 heterocycles. The Labute approximate surface area is 100 Å². The van der Waals surface area contributed by atoms with Gasteiger partial charge >= 0.3 is 0 Å². The summed E-state index contributed by atoms with van der Waals surface area (Å²) >= 11 is 0. The van der Waals surface area contributed by atoms with Crippen LogP contribution in [0.15, 0.2) is 28.8 Å². The quantitative estimate of drug-likeness (QED) is 0.883. The molecule has 1 aromatic carbocycles. The Hall–Kier alpha value is -1.68. The summed E-state index contributed by atoms with van der Waals surface area (Å²) in [6.07, 6.45) is -0.499. The van der Waals surface area contributed by atoms with Crippen LogP contribution in [0.3, 0.4) is 0 Å². The smallest absolute Gasteiger partial charge is 0.232 e. The SMILES string of the molecule is Cc1ccc(-c2noc(C(C)C(C)O)n2)cc1. The summed E-state index contributed by atoms with van der Waals surface area (Å²) in [5.74, 6) is 0.879. The predicted octanol–water partition coefficient (Wildman–Crippen LogP) is 2.53. The number of hydrogen-bond acceptors (Lipinski definition) is 4. The van der Waals surface area contributed by atoms with E-state index in [1.165, 1.54) is 5.56 Å². The lowest BCUT2D eigenvalue weighted by molar-refractivity contribution is 0.151. The van der Waals surface area contributed by atoms with Gasteiger partial charge in [-0.05, 0) is 13.8 Å². The first-order valence-electron chi connectivity index (χ1n) is 5.66. The van der Waals surface area contributed by atoms with E-state index in [2.05, 4.69) is 10.1 Å². The molecule has 0 saturated carbocycles. The number of aromatic nitrogens is 2. The minimum atomic E-state index is -0.499. The van der Waals surface area contributed by atoms with Gasteiger partial charge in [0.05, 0.1) is 12.0 Å². The fourth-order valence-corrected chi connectivity index (χ4v) is 1.45. The molecule has 2 atom stereocenters. The summed E-state index contributed by atoms with van der Waals surface area (Å²) < 4.78 is 5.15. The van der Waals surface area contributed by atoms with Gasteiger partial charge in [0, 0.05) is 5.56 Å². The van der Waals surface area contributed by atoms with Gasteiger partial charge in [0.25, 0.3) is 0 Å². The van der Waals surface area contributed by atoms with Crippen LogP contribution in [0, 0.1) is 6.92 Å². The van der Waals surface area contributed by atoms with Gasteiger partial charge in [-0.3, -0.25) is 0 Å². The van der Waals surface area contributed by atoms with E-state index < -0.39 is 6.10 Å². The van der Waals surface area contributed by atoms with Crippen LogP contribution in [0.2, 0.25) is 0 Å². The second kappa shape index (κ2) is 4.67. The van der Waals surface area contributed by atoms with Gasteiger partial charge < -0.3 is 9.63 Å². The van der Waals surface area contributed by atoms with Crippen LogP contribution in [-0.2, 0) is 0 Å². The van der Waals surface area contributed by atoms with Crippen molar-refractivity contribution in [1.29, 1.82) is 0 Å². The molecule has 17 heavy (non-hydrogen) atoms. The molecule has 4 nitrogen and oxygen atoms in total. The second-order valence-corrected chi connectivity index (χ2v) is 4.35. The molecule has 2 rings (SSSR count). The maximum Gasteiger partial charge on any atom is 0.232 e. The van der Waals surface area contributed by atoms with Crippen LogP contribution in [0.5, 0.6) is 0 Å². The predicted molar refractivity (Wildman–Crippen MR) is 64.6 cm³/mol. The number of aliphatic hydroxyl groups excluding tert-OH is 1. The van der Waals surface area contributed by atoms with Gasteiger partial charge in [0.1, 0.15) is 0 Å². The molecule has 0 spiro atoms. The van der Waals surface area contributed by atoms with Crippen molar-refractivity contribution < 1.29 is 9.63 Å².